The second kappa shape index (κ2) is 8.87. The molecule has 0 heterocycles. The number of ether oxygens (including phenoxy) is 1. The maximum atomic E-state index is 5.50. The van der Waals surface area contributed by atoms with Crippen LogP contribution in [0.25, 0.3) is 0 Å². The highest BCUT2D eigenvalue weighted by Crippen LogP contribution is 2.41. The van der Waals surface area contributed by atoms with Crippen LogP contribution in [0.5, 0.6) is 0 Å². The van der Waals surface area contributed by atoms with Gasteiger partial charge in [0, 0.05) is 7.11 Å². The highest BCUT2D eigenvalue weighted by Gasteiger charge is 2.30. The van der Waals surface area contributed by atoms with Crippen molar-refractivity contribution >= 4 is 0 Å². The first-order chi connectivity index (χ1) is 9.83. The summed E-state index contributed by atoms with van der Waals surface area (Å²) in [6.07, 6.45) is 20.7. The summed E-state index contributed by atoms with van der Waals surface area (Å²) in [4.78, 5) is 0. The van der Waals surface area contributed by atoms with E-state index in [4.69, 9.17) is 4.74 Å². The second-order valence-corrected chi connectivity index (χ2v) is 7.05. The summed E-state index contributed by atoms with van der Waals surface area (Å²) in [7, 11) is 1.88. The Kier molecular flexibility index (Phi) is 7.13. The maximum Gasteiger partial charge on any atom is 0.0571 e. The van der Waals surface area contributed by atoms with Gasteiger partial charge in [-0.15, -0.1) is 0 Å². The Bertz CT molecular complexity index is 267. The van der Waals surface area contributed by atoms with Gasteiger partial charge in [-0.05, 0) is 76.0 Å². The van der Waals surface area contributed by atoms with Crippen molar-refractivity contribution in [2.24, 2.45) is 17.8 Å². The molecular formula is C19H34O. The van der Waals surface area contributed by atoms with Crippen molar-refractivity contribution in [1.82, 2.24) is 0 Å². The smallest absolute Gasteiger partial charge is 0.0571 e. The molecule has 0 aromatic carbocycles. The zero-order valence-electron chi connectivity index (χ0n) is 13.7. The molecule has 0 saturated heterocycles. The minimum atomic E-state index is 0.564. The molecular weight excluding hydrogens is 244 g/mol. The molecule has 0 atom stereocenters. The van der Waals surface area contributed by atoms with E-state index >= 15 is 0 Å². The highest BCUT2D eigenvalue weighted by molar-refractivity contribution is 4.83. The number of allylic oxidation sites excluding steroid dienone is 2. The second-order valence-electron chi connectivity index (χ2n) is 7.05. The van der Waals surface area contributed by atoms with Gasteiger partial charge in [0.15, 0.2) is 0 Å². The molecule has 0 aromatic rings. The number of unbranched alkanes of at least 4 members (excludes halogenated alkanes) is 1. The zero-order valence-corrected chi connectivity index (χ0v) is 13.7. The maximum absolute atomic E-state index is 5.50. The van der Waals surface area contributed by atoms with Crippen molar-refractivity contribution < 1.29 is 4.74 Å². The highest BCUT2D eigenvalue weighted by atomic mass is 16.5. The van der Waals surface area contributed by atoms with Crippen molar-refractivity contribution in [3.8, 4) is 0 Å². The van der Waals surface area contributed by atoms with Crippen LogP contribution in [-0.2, 0) is 4.74 Å². The largest absolute Gasteiger partial charge is 0.381 e. The van der Waals surface area contributed by atoms with E-state index in [1.54, 1.807) is 0 Å². The quantitative estimate of drug-likeness (QED) is 0.444. The van der Waals surface area contributed by atoms with Crippen molar-refractivity contribution in [2.45, 2.75) is 83.7 Å². The van der Waals surface area contributed by atoms with E-state index in [0.717, 1.165) is 17.8 Å². The minimum absolute atomic E-state index is 0.564. The Morgan fingerprint density at radius 1 is 0.900 bits per heavy atom. The molecule has 2 fully saturated rings. The molecule has 0 aliphatic heterocycles. The third-order valence-corrected chi connectivity index (χ3v) is 5.83. The molecule has 1 heteroatoms. The van der Waals surface area contributed by atoms with Crippen LogP contribution in [0.2, 0.25) is 0 Å². The molecule has 0 unspecified atom stereocenters. The molecule has 2 aliphatic rings. The van der Waals surface area contributed by atoms with E-state index in [1.165, 1.54) is 70.6 Å². The van der Waals surface area contributed by atoms with Crippen LogP contribution in [0.3, 0.4) is 0 Å². The molecule has 0 radical (unpaired) electrons. The van der Waals surface area contributed by atoms with Gasteiger partial charge in [-0.3, -0.25) is 0 Å². The Balaban J connectivity index is 1.62. The molecule has 20 heavy (non-hydrogen) atoms. The predicted molar refractivity (Wildman–Crippen MR) is 86.9 cm³/mol. The van der Waals surface area contributed by atoms with Gasteiger partial charge in [0.2, 0.25) is 0 Å². The molecule has 0 bridgehead atoms. The monoisotopic (exact) mass is 278 g/mol. The van der Waals surface area contributed by atoms with Crippen LogP contribution in [0.1, 0.15) is 77.6 Å². The lowest BCUT2D eigenvalue weighted by Gasteiger charge is -2.37. The van der Waals surface area contributed by atoms with Crippen molar-refractivity contribution in [3.05, 3.63) is 12.2 Å². The molecule has 0 amide bonds. The lowest BCUT2D eigenvalue weighted by molar-refractivity contribution is 0.0391. The molecule has 0 N–H and O–H groups in total. The van der Waals surface area contributed by atoms with E-state index in [1.807, 2.05) is 7.11 Å². The average molecular weight is 278 g/mol. The zero-order chi connectivity index (χ0) is 14.2. The predicted octanol–water partition coefficient (Wildman–Crippen LogP) is 5.74. The van der Waals surface area contributed by atoms with E-state index in [0.29, 0.717) is 6.10 Å². The fourth-order valence-electron chi connectivity index (χ4n) is 4.44. The van der Waals surface area contributed by atoms with Crippen molar-refractivity contribution in [2.75, 3.05) is 7.11 Å². The summed E-state index contributed by atoms with van der Waals surface area (Å²) in [5.41, 5.74) is 0. The fraction of sp³-hybridized carbons (Fsp3) is 0.895. The van der Waals surface area contributed by atoms with Crippen LogP contribution in [-0.4, -0.2) is 13.2 Å². The molecule has 2 saturated carbocycles. The van der Waals surface area contributed by atoms with Gasteiger partial charge in [-0.1, -0.05) is 31.4 Å². The lowest BCUT2D eigenvalue weighted by Crippen LogP contribution is -2.28. The molecule has 0 spiro atoms. The topological polar surface area (TPSA) is 9.23 Å². The Morgan fingerprint density at radius 2 is 1.50 bits per heavy atom. The normalized spacial score (nSPS) is 35.5. The molecule has 1 nitrogen and oxygen atoms in total. The molecule has 116 valence electrons. The standard InChI is InChI=1S/C19H34O/c1-3-4-5-6-7-16-8-10-17(11-9-16)18-12-14-19(20-2)15-13-18/h3-4,16-19H,5-15H2,1-2H3. The van der Waals surface area contributed by atoms with E-state index in [-0.39, 0.29) is 0 Å². The molecule has 2 aliphatic carbocycles. The van der Waals surface area contributed by atoms with E-state index < -0.39 is 0 Å². The van der Waals surface area contributed by atoms with Gasteiger partial charge < -0.3 is 4.74 Å². The Morgan fingerprint density at radius 3 is 2.05 bits per heavy atom. The fourth-order valence-corrected chi connectivity index (χ4v) is 4.44. The van der Waals surface area contributed by atoms with Crippen molar-refractivity contribution in [1.29, 1.82) is 0 Å². The van der Waals surface area contributed by atoms with Gasteiger partial charge in [0.1, 0.15) is 0 Å². The molecule has 0 aromatic heterocycles. The summed E-state index contributed by atoms with van der Waals surface area (Å²) in [6, 6.07) is 0. The summed E-state index contributed by atoms with van der Waals surface area (Å²) >= 11 is 0. The van der Waals surface area contributed by atoms with Crippen LogP contribution >= 0.6 is 0 Å². The van der Waals surface area contributed by atoms with Crippen LogP contribution < -0.4 is 0 Å². The summed E-state index contributed by atoms with van der Waals surface area (Å²) < 4.78 is 5.50. The van der Waals surface area contributed by atoms with E-state index in [2.05, 4.69) is 19.1 Å². The van der Waals surface area contributed by atoms with Crippen LogP contribution in [0.15, 0.2) is 12.2 Å². The van der Waals surface area contributed by atoms with Gasteiger partial charge in [-0.25, -0.2) is 0 Å². The summed E-state index contributed by atoms with van der Waals surface area (Å²) in [5.74, 6) is 3.09. The number of hydrogen-bond donors (Lipinski definition) is 0. The van der Waals surface area contributed by atoms with Gasteiger partial charge in [-0.2, -0.15) is 0 Å². The summed E-state index contributed by atoms with van der Waals surface area (Å²) in [5, 5.41) is 0. The third-order valence-electron chi connectivity index (χ3n) is 5.83. The Labute approximate surface area is 126 Å². The average Bonchev–Trinajstić information content (AvgIpc) is 2.52. The minimum Gasteiger partial charge on any atom is -0.381 e. The number of methoxy groups -OCH3 is 1. The first kappa shape index (κ1) is 16.1. The van der Waals surface area contributed by atoms with Crippen LogP contribution in [0.4, 0.5) is 0 Å². The lowest BCUT2D eigenvalue weighted by atomic mass is 9.70. The SMILES string of the molecule is CC=CCCCC1CCC(C2CCC(OC)CC2)CC1. The first-order valence-electron chi connectivity index (χ1n) is 8.97. The summed E-state index contributed by atoms with van der Waals surface area (Å²) in [6.45, 7) is 2.13. The van der Waals surface area contributed by atoms with Crippen molar-refractivity contribution in [3.63, 3.8) is 0 Å². The number of rotatable bonds is 6. The third kappa shape index (κ3) is 4.91. The van der Waals surface area contributed by atoms with Gasteiger partial charge in [0.25, 0.3) is 0 Å². The van der Waals surface area contributed by atoms with Crippen LogP contribution in [0, 0.1) is 17.8 Å². The van der Waals surface area contributed by atoms with Gasteiger partial charge in [0.05, 0.1) is 6.10 Å². The number of hydrogen-bond acceptors (Lipinski definition) is 1. The first-order valence-corrected chi connectivity index (χ1v) is 8.97. The van der Waals surface area contributed by atoms with E-state index in [9.17, 15) is 0 Å². The van der Waals surface area contributed by atoms with Gasteiger partial charge >= 0.3 is 0 Å². The Hall–Kier alpha value is -0.300. The molecule has 2 rings (SSSR count).